The van der Waals surface area contributed by atoms with Crippen molar-refractivity contribution in [3.05, 3.63) is 127 Å². The molecule has 6 aromatic heterocycles. The van der Waals surface area contributed by atoms with Crippen LogP contribution in [0.4, 0.5) is 0 Å². The van der Waals surface area contributed by atoms with Crippen molar-refractivity contribution in [1.29, 1.82) is 0 Å². The molecule has 11 atom stereocenters. The van der Waals surface area contributed by atoms with E-state index in [4.69, 9.17) is 112 Å². The van der Waals surface area contributed by atoms with Crippen LogP contribution in [0.5, 0.6) is 34.5 Å². The highest BCUT2D eigenvalue weighted by atomic mass is 127. The van der Waals surface area contributed by atoms with Gasteiger partial charge in [-0.25, -0.2) is 52.0 Å². The van der Waals surface area contributed by atoms with E-state index in [1.54, 1.807) is 52.8 Å². The quantitative estimate of drug-likeness (QED) is 0.0102. The third-order valence-electron chi connectivity index (χ3n) is 22.8. The minimum atomic E-state index is -1.97. The van der Waals surface area contributed by atoms with Crippen molar-refractivity contribution in [3.63, 3.8) is 0 Å². The number of aliphatic hydroxyl groups is 3. The fourth-order valence-corrected chi connectivity index (χ4v) is 22.5. The number of rotatable bonds is 31. The number of halogens is 10. The molecule has 6 aromatic rings. The molecule has 0 amide bonds. The van der Waals surface area contributed by atoms with Crippen LogP contribution in [-0.2, 0) is 66.9 Å². The molecule has 0 spiro atoms. The third-order valence-corrected chi connectivity index (χ3v) is 46.1. The van der Waals surface area contributed by atoms with E-state index < -0.39 is 96.8 Å². The van der Waals surface area contributed by atoms with Gasteiger partial charge in [-0.15, -0.1) is 0 Å². The Morgan fingerprint density at radius 3 is 0.978 bits per heavy atom. The van der Waals surface area contributed by atoms with Gasteiger partial charge in [0.05, 0.1) is 138 Å². The number of aromatic hydroxyl groups is 1. The van der Waals surface area contributed by atoms with Crippen LogP contribution in [0.3, 0.4) is 0 Å². The fraction of sp³-hybridized carbons (Fsp3) is 0.641. The molecule has 8 rings (SSSR count). The van der Waals surface area contributed by atoms with Crippen molar-refractivity contribution in [2.45, 2.75) is 349 Å². The maximum Gasteiger partial charge on any atom is 0.192 e. The lowest BCUT2D eigenvalue weighted by molar-refractivity contribution is -0.121. The summed E-state index contributed by atoms with van der Waals surface area (Å²) in [6.07, 6.45) is 0.331. The minimum Gasteiger partial charge on any atom is -0.504 e. The molecule has 758 valence electrons. The molecule has 2 aliphatic rings. The molecule has 0 saturated carbocycles. The Morgan fingerprint density at radius 2 is 0.701 bits per heavy atom. The molecule has 2 aliphatic heterocycles. The Balaban J connectivity index is 0.000000422. The van der Waals surface area contributed by atoms with Crippen molar-refractivity contribution in [3.8, 4) is 34.5 Å². The molecule has 0 aromatic carbocycles. The highest BCUT2D eigenvalue weighted by molar-refractivity contribution is 14.1. The zero-order valence-corrected chi connectivity index (χ0v) is 103. The summed E-state index contributed by atoms with van der Waals surface area (Å²) in [5, 5.41) is 39.2. The van der Waals surface area contributed by atoms with Crippen LogP contribution in [0.2, 0.25) is 85.3 Å². The topological polar surface area (TPSA) is 354 Å². The molecule has 0 fully saturated rings. The number of aromatic nitrogens is 6. The molecule has 42 heteroatoms. The predicted octanol–water partition coefficient (Wildman–Crippen LogP) is 26.4. The number of carbonyl (C=O) groups excluding carboxylic acids is 2. The number of ether oxygens (including phenoxy) is 5. The SMILES string of the molecule is CC(O)c1cc(I)c(O)c(Cl)n1.CCC(=O)COc1c(I)cc(C(C)O)nc1Cl.CCC(=O)COc1c(I)cc(C(C)O[Si](C)(C)C(C)(C)C)nc1Cl.CCC(COc1c(I)cc(C(C)O[Si](C)(C)C(C)(C)C)nc1Cl)=NS(=O)C(C)(C)C.CCC1(NS(=O)C(C)(C)C)COc2c1cc(C(C)O)nc2Cl.CCC1(NS(=O)C(C)(C)C)COc2c1cc(C(C)O[Si](C)(C)C(C)(C)C)nc2Cl. The van der Waals surface area contributed by atoms with Crippen molar-refractivity contribution in [2.75, 3.05) is 33.0 Å². The number of carbonyl (C=O) groups is 2. The Hall–Kier alpha value is -1.85. The first kappa shape index (κ1) is 126. The maximum absolute atomic E-state index is 12.9. The van der Waals surface area contributed by atoms with Gasteiger partial charge in [0.2, 0.25) is 0 Å². The van der Waals surface area contributed by atoms with Crippen molar-refractivity contribution in [2.24, 2.45) is 4.40 Å². The summed E-state index contributed by atoms with van der Waals surface area (Å²) in [7, 11) is -9.60. The Bertz CT molecular complexity index is 5010. The van der Waals surface area contributed by atoms with E-state index in [-0.39, 0.29) is 95.9 Å². The highest BCUT2D eigenvalue weighted by Gasteiger charge is 2.48. The third kappa shape index (κ3) is 36.7. The normalized spacial score (nSPS) is 17.4. The van der Waals surface area contributed by atoms with Crippen molar-refractivity contribution >= 4 is 235 Å². The van der Waals surface area contributed by atoms with Gasteiger partial charge in [-0.2, -0.15) is 4.40 Å². The first-order chi connectivity index (χ1) is 61.0. The lowest BCUT2D eigenvalue weighted by Gasteiger charge is -2.38. The van der Waals surface area contributed by atoms with Crippen molar-refractivity contribution in [1.82, 2.24) is 39.3 Å². The van der Waals surface area contributed by atoms with Crippen LogP contribution >= 0.6 is 160 Å². The first-order valence-electron chi connectivity index (χ1n) is 44.2. The monoisotopic (exact) mass is 2540 g/mol. The van der Waals surface area contributed by atoms with Gasteiger partial charge in [0.1, 0.15) is 44.0 Å². The number of ketones is 2. The summed E-state index contributed by atoms with van der Waals surface area (Å²) in [6, 6.07) is 10.9. The second-order valence-corrected chi connectivity index (χ2v) is 67.0. The average Bonchev–Trinajstić information content (AvgIpc) is 1.60. The van der Waals surface area contributed by atoms with Gasteiger partial charge in [0.15, 0.2) is 102 Å². The maximum atomic E-state index is 12.9. The van der Waals surface area contributed by atoms with Crippen LogP contribution in [0.1, 0.15) is 315 Å². The average molecular weight is 2550 g/mol. The molecule has 6 N–H and O–H groups in total. The Kier molecular flexibility index (Phi) is 49.8. The zero-order valence-electron chi connectivity index (χ0n) is 84.2. The molecular formula is C92H143Cl6I4N9O17S3Si3. The fourth-order valence-electron chi connectivity index (χ4n) is 10.9. The molecule has 11 unspecified atom stereocenters. The predicted molar refractivity (Wildman–Crippen MR) is 590 cm³/mol. The summed E-state index contributed by atoms with van der Waals surface area (Å²) >= 11 is 45.3. The van der Waals surface area contributed by atoms with Crippen LogP contribution < -0.4 is 33.1 Å². The smallest absolute Gasteiger partial charge is 0.192 e. The second-order valence-electron chi connectivity index (χ2n) is 40.1. The van der Waals surface area contributed by atoms with E-state index in [1.165, 1.54) is 0 Å². The van der Waals surface area contributed by atoms with Gasteiger partial charge in [0.25, 0.3) is 0 Å². The van der Waals surface area contributed by atoms with Gasteiger partial charge in [-0.05, 0) is 304 Å². The van der Waals surface area contributed by atoms with Gasteiger partial charge in [-0.1, -0.05) is 167 Å². The molecule has 0 radical (unpaired) electrons. The molecule has 26 nitrogen and oxygen atoms in total. The van der Waals surface area contributed by atoms with E-state index in [2.05, 4.69) is 197 Å². The lowest BCUT2D eigenvalue weighted by Crippen LogP contribution is -2.48. The van der Waals surface area contributed by atoms with Gasteiger partial charge in [-0.3, -0.25) is 9.59 Å². The van der Waals surface area contributed by atoms with E-state index in [0.717, 1.165) is 51.1 Å². The number of hydrogen-bond acceptors (Lipinski definition) is 23. The first-order valence-corrected chi connectivity index (χ1v) is 62.9. The number of fused-ring (bicyclic) bond motifs is 2. The number of nitrogens with zero attached hydrogens (tertiary/aromatic N) is 7. The number of pyridine rings is 6. The standard InChI is InChI=1S/C21H36ClIN2O3SSi.C21H37ClN2O3SSi.C17H27ClINO3Si.C15H23ClN2O3S.C11H13ClINO3.C7H7ClINO2/c1-11-15(25-29(26)20(3,4)5)13-27-18-16(23)12-17(24-19(18)22)14(2)28-30(9,10)21(6,7)8;1-11-21(24-28(25)19(3,4)5)13-26-17-15(21)12-16(23-18(17)22)14(2)27-29(9,10)20(6,7)8;1-8-12(21)10-22-15-13(19)9-14(20-16(15)18)11(2)23-24(6,7)17(3,4)5;1-6-15(18-22(20)14(3,4)5)8-21-12-10(15)7-11(9(2)19)17-13(12)16;1-3-7(16)5-17-10-8(13)4-9(6(2)15)14-11(10)12;1-3(11)5-2-4(9)6(12)7(8)10-5/h12,14H,11,13H2,1-10H3;12,14,24H,11,13H2,1-10H3;9,11H,8,10H2,1-7H3;7,9,18-19H,6,8H2,1-5H3;4,6,15H,3,5H2,1-2H3;2-3,11-12H,1H3. The number of nitrogens with one attached hydrogen (secondary N) is 2. The Labute approximate surface area is 892 Å². The van der Waals surface area contributed by atoms with Crippen LogP contribution in [0, 0.1) is 14.3 Å². The number of Topliss-reactive ketones (excluding diaryl/α,β-unsaturated/α-hetero) is 2. The lowest BCUT2D eigenvalue weighted by atomic mass is 9.90. The minimum absolute atomic E-state index is 0.00327. The molecule has 0 bridgehead atoms. The van der Waals surface area contributed by atoms with Crippen LogP contribution in [-0.4, -0.2) is 152 Å². The Morgan fingerprint density at radius 1 is 0.433 bits per heavy atom. The largest absolute Gasteiger partial charge is 0.504 e. The van der Waals surface area contributed by atoms with E-state index in [1.807, 2.05) is 160 Å². The zero-order chi connectivity index (χ0) is 104. The summed E-state index contributed by atoms with van der Waals surface area (Å²) in [5.41, 5.74) is 5.07. The number of aliphatic hydroxyl groups excluding tert-OH is 3. The van der Waals surface area contributed by atoms with Crippen molar-refractivity contribution < 1.29 is 79.6 Å². The molecular weight excluding hydrogens is 2400 g/mol. The number of hydrogen-bond donors (Lipinski definition) is 6. The van der Waals surface area contributed by atoms with Crippen LogP contribution in [0.25, 0.3) is 0 Å². The van der Waals surface area contributed by atoms with Gasteiger partial charge in [0, 0.05) is 24.0 Å². The highest BCUT2D eigenvalue weighted by Crippen LogP contribution is 2.50. The summed E-state index contributed by atoms with van der Waals surface area (Å²) in [5.74, 6) is 2.43. The van der Waals surface area contributed by atoms with Gasteiger partial charge < -0.3 is 57.4 Å². The van der Waals surface area contributed by atoms with Crippen LogP contribution in [0.15, 0.2) is 40.8 Å². The van der Waals surface area contributed by atoms with E-state index in [0.29, 0.717) is 98.6 Å². The second kappa shape index (κ2) is 52.8. The summed E-state index contributed by atoms with van der Waals surface area (Å²) in [6.45, 7) is 72.0. The van der Waals surface area contributed by atoms with E-state index in [9.17, 15) is 37.5 Å². The molecule has 0 aliphatic carbocycles. The van der Waals surface area contributed by atoms with Gasteiger partial charge >= 0.3 is 0 Å². The van der Waals surface area contributed by atoms with E-state index >= 15 is 0 Å². The molecule has 0 saturated heterocycles. The summed E-state index contributed by atoms with van der Waals surface area (Å²) in [4.78, 5) is 48.1. The molecule has 134 heavy (non-hydrogen) atoms. The summed E-state index contributed by atoms with van der Waals surface area (Å²) < 4.78 is 98.2. The molecule has 8 heterocycles.